The minimum absolute atomic E-state index is 0. The molecule has 1 aromatic rings. The maximum absolute atomic E-state index is 12.2. The predicted molar refractivity (Wildman–Crippen MR) is 103 cm³/mol. The minimum atomic E-state index is -1.01. The van der Waals surface area contributed by atoms with Crippen molar-refractivity contribution < 1.29 is 19.5 Å². The Balaban J connectivity index is 0.00000364. The molecule has 0 saturated carbocycles. The number of rotatable bonds is 8. The Bertz CT molecular complexity index is 725. The SMILES string of the molecule is Cl.N=C(N)NCCCCNC(=O)c1ccc2c(c1)NC(=O)C(CC(=O)O)C2. The summed E-state index contributed by atoms with van der Waals surface area (Å²) in [5.74, 6) is -2.26. The molecule has 0 fully saturated rings. The Morgan fingerprint density at radius 2 is 1.93 bits per heavy atom. The summed E-state index contributed by atoms with van der Waals surface area (Å²) >= 11 is 0. The van der Waals surface area contributed by atoms with Gasteiger partial charge in [0.1, 0.15) is 0 Å². The number of benzene rings is 1. The molecule has 2 rings (SSSR count). The molecule has 10 heteroatoms. The van der Waals surface area contributed by atoms with Gasteiger partial charge in [0.15, 0.2) is 5.96 Å². The van der Waals surface area contributed by atoms with Gasteiger partial charge in [-0.1, -0.05) is 6.07 Å². The molecule has 9 nitrogen and oxygen atoms in total. The molecule has 27 heavy (non-hydrogen) atoms. The van der Waals surface area contributed by atoms with Gasteiger partial charge in [0, 0.05) is 24.3 Å². The molecule has 1 atom stereocenters. The van der Waals surface area contributed by atoms with Crippen molar-refractivity contribution in [2.75, 3.05) is 18.4 Å². The van der Waals surface area contributed by atoms with Crippen molar-refractivity contribution in [2.45, 2.75) is 25.7 Å². The fourth-order valence-electron chi connectivity index (χ4n) is 2.76. The minimum Gasteiger partial charge on any atom is -0.481 e. The molecular formula is C17H24ClN5O4. The Morgan fingerprint density at radius 3 is 2.56 bits per heavy atom. The second kappa shape index (κ2) is 10.4. The highest BCUT2D eigenvalue weighted by Gasteiger charge is 2.28. The molecule has 148 valence electrons. The number of carboxylic acid groups (broad SMARTS) is 1. The lowest BCUT2D eigenvalue weighted by Gasteiger charge is -2.24. The van der Waals surface area contributed by atoms with Crippen LogP contribution < -0.4 is 21.7 Å². The van der Waals surface area contributed by atoms with E-state index in [1.54, 1.807) is 18.2 Å². The molecule has 0 bridgehead atoms. The van der Waals surface area contributed by atoms with Gasteiger partial charge >= 0.3 is 5.97 Å². The van der Waals surface area contributed by atoms with Crippen LogP contribution in [0.25, 0.3) is 0 Å². The Morgan fingerprint density at radius 1 is 1.26 bits per heavy atom. The zero-order valence-corrected chi connectivity index (χ0v) is 15.5. The molecule has 1 aromatic carbocycles. The van der Waals surface area contributed by atoms with Gasteiger partial charge < -0.3 is 26.8 Å². The summed E-state index contributed by atoms with van der Waals surface area (Å²) in [4.78, 5) is 35.0. The number of carbonyl (C=O) groups is 3. The predicted octanol–water partition coefficient (Wildman–Crippen LogP) is 0.687. The van der Waals surface area contributed by atoms with Crippen LogP contribution in [0.5, 0.6) is 0 Å². The lowest BCUT2D eigenvalue weighted by atomic mass is 9.90. The van der Waals surface area contributed by atoms with Crippen LogP contribution in [0.3, 0.4) is 0 Å². The van der Waals surface area contributed by atoms with Crippen LogP contribution in [-0.4, -0.2) is 41.9 Å². The largest absolute Gasteiger partial charge is 0.481 e. The molecule has 0 aromatic heterocycles. The third-order valence-corrected chi connectivity index (χ3v) is 4.09. The van der Waals surface area contributed by atoms with Crippen LogP contribution in [0, 0.1) is 11.3 Å². The van der Waals surface area contributed by atoms with E-state index in [1.807, 2.05) is 0 Å². The average molecular weight is 398 g/mol. The van der Waals surface area contributed by atoms with E-state index in [1.165, 1.54) is 0 Å². The van der Waals surface area contributed by atoms with Crippen LogP contribution in [0.1, 0.15) is 35.2 Å². The van der Waals surface area contributed by atoms with Crippen molar-refractivity contribution in [2.24, 2.45) is 11.7 Å². The highest BCUT2D eigenvalue weighted by atomic mass is 35.5. The van der Waals surface area contributed by atoms with Crippen molar-refractivity contribution in [3.8, 4) is 0 Å². The van der Waals surface area contributed by atoms with E-state index >= 15 is 0 Å². The first kappa shape index (κ1) is 22.2. The van der Waals surface area contributed by atoms with Crippen LogP contribution in [0.2, 0.25) is 0 Å². The van der Waals surface area contributed by atoms with Gasteiger partial charge in [0.05, 0.1) is 12.3 Å². The van der Waals surface area contributed by atoms with Crippen LogP contribution in [0.4, 0.5) is 5.69 Å². The fourth-order valence-corrected chi connectivity index (χ4v) is 2.76. The van der Waals surface area contributed by atoms with E-state index in [9.17, 15) is 14.4 Å². The highest BCUT2D eigenvalue weighted by molar-refractivity contribution is 6.00. The second-order valence-electron chi connectivity index (χ2n) is 6.16. The maximum Gasteiger partial charge on any atom is 0.304 e. The molecule has 1 unspecified atom stereocenters. The van der Waals surface area contributed by atoms with Crippen molar-refractivity contribution in [1.29, 1.82) is 5.41 Å². The number of amides is 2. The summed E-state index contributed by atoms with van der Waals surface area (Å²) in [6, 6.07) is 5.02. The fraction of sp³-hybridized carbons (Fsp3) is 0.412. The van der Waals surface area contributed by atoms with Crippen molar-refractivity contribution in [3.05, 3.63) is 29.3 Å². The third kappa shape index (κ3) is 6.78. The molecule has 1 aliphatic rings. The number of guanidine groups is 1. The average Bonchev–Trinajstić information content (AvgIpc) is 2.57. The van der Waals surface area contributed by atoms with Gasteiger partial charge in [0.25, 0.3) is 5.91 Å². The van der Waals surface area contributed by atoms with Crippen LogP contribution >= 0.6 is 12.4 Å². The first-order valence-corrected chi connectivity index (χ1v) is 8.38. The van der Waals surface area contributed by atoms with Crippen molar-refractivity contribution in [1.82, 2.24) is 10.6 Å². The number of fused-ring (bicyclic) bond motifs is 1. The van der Waals surface area contributed by atoms with Gasteiger partial charge in [0.2, 0.25) is 5.91 Å². The first-order valence-electron chi connectivity index (χ1n) is 8.38. The number of halogens is 1. The van der Waals surface area contributed by atoms with E-state index in [4.69, 9.17) is 16.2 Å². The summed E-state index contributed by atoms with van der Waals surface area (Å²) in [5, 5.41) is 24.1. The summed E-state index contributed by atoms with van der Waals surface area (Å²) in [5.41, 5.74) is 6.98. The van der Waals surface area contributed by atoms with Gasteiger partial charge in [-0.2, -0.15) is 0 Å². The number of nitrogens with two attached hydrogens (primary N) is 1. The third-order valence-electron chi connectivity index (χ3n) is 4.09. The monoisotopic (exact) mass is 397 g/mol. The summed E-state index contributed by atoms with van der Waals surface area (Å²) in [6.07, 6.45) is 1.64. The van der Waals surface area contributed by atoms with Gasteiger partial charge in [-0.3, -0.25) is 19.8 Å². The van der Waals surface area contributed by atoms with Gasteiger partial charge in [-0.25, -0.2) is 0 Å². The normalized spacial score (nSPS) is 15.0. The summed E-state index contributed by atoms with van der Waals surface area (Å²) in [6.45, 7) is 1.07. The van der Waals surface area contributed by atoms with Crippen LogP contribution in [0.15, 0.2) is 18.2 Å². The topological polar surface area (TPSA) is 157 Å². The van der Waals surface area contributed by atoms with E-state index < -0.39 is 11.9 Å². The van der Waals surface area contributed by atoms with Gasteiger partial charge in [-0.05, 0) is 37.0 Å². The smallest absolute Gasteiger partial charge is 0.304 e. The Labute approximate surface area is 163 Å². The molecule has 0 aliphatic carbocycles. The molecule has 2 amide bonds. The molecule has 7 N–H and O–H groups in total. The number of carboxylic acids is 1. The number of aliphatic carboxylic acids is 1. The maximum atomic E-state index is 12.2. The number of nitrogens with one attached hydrogen (secondary N) is 4. The number of anilines is 1. The number of unbranched alkanes of at least 4 members (excludes halogenated alkanes) is 1. The van der Waals surface area contributed by atoms with Crippen LogP contribution in [-0.2, 0) is 16.0 Å². The lowest BCUT2D eigenvalue weighted by molar-refractivity contribution is -0.140. The van der Waals surface area contributed by atoms with Gasteiger partial charge in [-0.15, -0.1) is 12.4 Å². The van der Waals surface area contributed by atoms with E-state index in [0.717, 1.165) is 18.4 Å². The van der Waals surface area contributed by atoms with E-state index in [-0.39, 0.29) is 36.6 Å². The molecule has 0 radical (unpaired) electrons. The Hall–Kier alpha value is -2.81. The summed E-state index contributed by atoms with van der Waals surface area (Å²) < 4.78 is 0. The second-order valence-corrected chi connectivity index (χ2v) is 6.16. The molecular weight excluding hydrogens is 374 g/mol. The highest BCUT2D eigenvalue weighted by Crippen LogP contribution is 2.28. The van der Waals surface area contributed by atoms with E-state index in [2.05, 4.69) is 16.0 Å². The summed E-state index contributed by atoms with van der Waals surface area (Å²) in [7, 11) is 0. The zero-order chi connectivity index (χ0) is 19.1. The molecule has 0 spiro atoms. The van der Waals surface area contributed by atoms with Crippen molar-refractivity contribution in [3.63, 3.8) is 0 Å². The lowest BCUT2D eigenvalue weighted by Crippen LogP contribution is -2.32. The first-order chi connectivity index (χ1) is 12.4. The number of carbonyl (C=O) groups excluding carboxylic acids is 2. The molecule has 1 aliphatic heterocycles. The zero-order valence-electron chi connectivity index (χ0n) is 14.7. The molecule has 0 saturated heterocycles. The Kier molecular flexibility index (Phi) is 8.53. The standard InChI is InChI=1S/C17H23N5O4.ClH/c18-17(19)21-6-2-1-5-20-15(25)11-4-3-10-7-12(9-14(23)24)16(26)22-13(10)8-11;/h3-4,8,12H,1-2,5-7,9H2,(H,20,25)(H,22,26)(H,23,24)(H4,18,19,21);1H. The number of hydrogen-bond acceptors (Lipinski definition) is 4. The van der Waals surface area contributed by atoms with E-state index in [0.29, 0.717) is 30.8 Å². The molecule has 1 heterocycles. The number of hydrogen-bond donors (Lipinski definition) is 6. The van der Waals surface area contributed by atoms with Crippen molar-refractivity contribution >= 4 is 41.8 Å². The quantitative estimate of drug-likeness (QED) is 0.215.